The van der Waals surface area contributed by atoms with Crippen molar-refractivity contribution in [2.75, 3.05) is 11.1 Å². The van der Waals surface area contributed by atoms with Crippen LogP contribution < -0.4 is 11.1 Å². The lowest BCUT2D eigenvalue weighted by atomic mass is 10.1. The third-order valence-electron chi connectivity index (χ3n) is 2.44. The number of hydrogen-bond donors (Lipinski definition) is 2. The van der Waals surface area contributed by atoms with Crippen molar-refractivity contribution in [1.29, 1.82) is 0 Å². The summed E-state index contributed by atoms with van der Waals surface area (Å²) in [6.45, 7) is 0. The van der Waals surface area contributed by atoms with Crippen LogP contribution in [-0.2, 0) is 6.18 Å². The fourth-order valence-corrected chi connectivity index (χ4v) is 2.43. The van der Waals surface area contributed by atoms with Gasteiger partial charge in [-0.25, -0.2) is 0 Å². The molecule has 0 aliphatic rings. The molecule has 1 amide bonds. The summed E-state index contributed by atoms with van der Waals surface area (Å²) in [5, 5.41) is 3.72. The SMILES string of the molecule is Nc1ccsc1C(=O)Nc1ccc(Cl)cc1C(F)(F)F. The monoisotopic (exact) mass is 320 g/mol. The van der Waals surface area contributed by atoms with Crippen molar-refractivity contribution in [3.05, 3.63) is 45.1 Å². The summed E-state index contributed by atoms with van der Waals surface area (Å²) in [5.41, 5.74) is 4.40. The van der Waals surface area contributed by atoms with Gasteiger partial charge in [0.25, 0.3) is 5.91 Å². The van der Waals surface area contributed by atoms with Gasteiger partial charge in [-0.05, 0) is 29.6 Å². The van der Waals surface area contributed by atoms with Crippen LogP contribution in [0.5, 0.6) is 0 Å². The van der Waals surface area contributed by atoms with E-state index in [0.717, 1.165) is 23.5 Å². The third kappa shape index (κ3) is 3.05. The first-order chi connectivity index (χ1) is 9.29. The number of nitrogens with two attached hydrogens (primary N) is 1. The number of thiophene rings is 1. The Labute approximate surface area is 121 Å². The Balaban J connectivity index is 2.35. The molecule has 1 aromatic heterocycles. The van der Waals surface area contributed by atoms with Gasteiger partial charge in [0.1, 0.15) is 4.88 Å². The summed E-state index contributed by atoms with van der Waals surface area (Å²) in [4.78, 5) is 12.0. The van der Waals surface area contributed by atoms with Crippen molar-refractivity contribution >= 4 is 40.2 Å². The average molecular weight is 321 g/mol. The van der Waals surface area contributed by atoms with Crippen LogP contribution in [0.3, 0.4) is 0 Å². The molecule has 0 saturated carbocycles. The average Bonchev–Trinajstić information content (AvgIpc) is 2.76. The summed E-state index contributed by atoms with van der Waals surface area (Å²) in [6, 6.07) is 4.64. The molecular formula is C12H8ClF3N2OS. The van der Waals surface area contributed by atoms with Gasteiger partial charge in [-0.2, -0.15) is 13.2 Å². The molecule has 0 aliphatic heterocycles. The molecule has 106 valence electrons. The van der Waals surface area contributed by atoms with Gasteiger partial charge in [0.15, 0.2) is 0 Å². The van der Waals surface area contributed by atoms with Gasteiger partial charge in [0.2, 0.25) is 0 Å². The lowest BCUT2D eigenvalue weighted by Gasteiger charge is -2.14. The highest BCUT2D eigenvalue weighted by Gasteiger charge is 2.34. The van der Waals surface area contributed by atoms with Crippen LogP contribution in [0, 0.1) is 0 Å². The molecule has 3 N–H and O–H groups in total. The lowest BCUT2D eigenvalue weighted by Crippen LogP contribution is -2.16. The van der Waals surface area contributed by atoms with E-state index >= 15 is 0 Å². The minimum absolute atomic E-state index is 0.0639. The quantitative estimate of drug-likeness (QED) is 0.869. The summed E-state index contributed by atoms with van der Waals surface area (Å²) >= 11 is 6.60. The van der Waals surface area contributed by atoms with Gasteiger partial charge in [-0.15, -0.1) is 11.3 Å². The lowest BCUT2D eigenvalue weighted by molar-refractivity contribution is -0.136. The van der Waals surface area contributed by atoms with Crippen molar-refractivity contribution in [2.24, 2.45) is 0 Å². The van der Waals surface area contributed by atoms with Crippen molar-refractivity contribution in [3.63, 3.8) is 0 Å². The second kappa shape index (κ2) is 5.34. The Kier molecular flexibility index (Phi) is 3.92. The smallest absolute Gasteiger partial charge is 0.397 e. The molecule has 2 aromatic rings. The summed E-state index contributed by atoms with van der Waals surface area (Å²) in [5.74, 6) is -0.690. The summed E-state index contributed by atoms with van der Waals surface area (Å²) in [6.07, 6.45) is -4.62. The predicted molar refractivity (Wildman–Crippen MR) is 73.1 cm³/mol. The number of anilines is 2. The number of amides is 1. The number of carbonyl (C=O) groups is 1. The van der Waals surface area contributed by atoms with Gasteiger partial charge < -0.3 is 11.1 Å². The van der Waals surface area contributed by atoms with Crippen LogP contribution >= 0.6 is 22.9 Å². The van der Waals surface area contributed by atoms with E-state index in [0.29, 0.717) is 0 Å². The molecule has 0 spiro atoms. The molecule has 2 rings (SSSR count). The van der Waals surface area contributed by atoms with Crippen molar-refractivity contribution in [3.8, 4) is 0 Å². The maximum Gasteiger partial charge on any atom is 0.418 e. The maximum atomic E-state index is 12.9. The highest BCUT2D eigenvalue weighted by atomic mass is 35.5. The largest absolute Gasteiger partial charge is 0.418 e. The Morgan fingerprint density at radius 1 is 1.30 bits per heavy atom. The zero-order chi connectivity index (χ0) is 14.9. The van der Waals surface area contributed by atoms with Crippen LogP contribution in [0.25, 0.3) is 0 Å². The van der Waals surface area contributed by atoms with E-state index in [1.807, 2.05) is 0 Å². The van der Waals surface area contributed by atoms with Crippen LogP contribution in [0.15, 0.2) is 29.6 Å². The minimum atomic E-state index is -4.62. The van der Waals surface area contributed by atoms with Crippen LogP contribution in [0.4, 0.5) is 24.5 Å². The first kappa shape index (κ1) is 14.7. The van der Waals surface area contributed by atoms with Gasteiger partial charge in [0, 0.05) is 5.02 Å². The number of alkyl halides is 3. The molecule has 0 aliphatic carbocycles. The number of nitrogens with one attached hydrogen (secondary N) is 1. The molecule has 0 saturated heterocycles. The molecule has 8 heteroatoms. The van der Waals surface area contributed by atoms with Crippen LogP contribution in [0.1, 0.15) is 15.2 Å². The Bertz CT molecular complexity index is 654. The first-order valence-corrected chi connectivity index (χ1v) is 6.56. The first-order valence-electron chi connectivity index (χ1n) is 5.30. The van der Waals surface area contributed by atoms with Crippen molar-refractivity contribution < 1.29 is 18.0 Å². The van der Waals surface area contributed by atoms with Crippen LogP contribution in [-0.4, -0.2) is 5.91 Å². The molecule has 20 heavy (non-hydrogen) atoms. The Morgan fingerprint density at radius 2 is 2.00 bits per heavy atom. The number of nitrogen functional groups attached to an aromatic ring is 1. The fraction of sp³-hybridized carbons (Fsp3) is 0.0833. The van der Waals surface area contributed by atoms with E-state index in [4.69, 9.17) is 17.3 Å². The second-order valence-corrected chi connectivity index (χ2v) is 5.20. The molecule has 3 nitrogen and oxygen atoms in total. The molecular weight excluding hydrogens is 313 g/mol. The standard InChI is InChI=1S/C12H8ClF3N2OS/c13-6-1-2-9(7(5-6)12(14,15)16)18-11(19)10-8(17)3-4-20-10/h1-5H,17H2,(H,18,19). The summed E-state index contributed by atoms with van der Waals surface area (Å²) in [7, 11) is 0. The Morgan fingerprint density at radius 3 is 2.55 bits per heavy atom. The van der Waals surface area contributed by atoms with E-state index in [2.05, 4.69) is 5.32 Å². The molecule has 1 aromatic carbocycles. The number of benzene rings is 1. The molecule has 0 bridgehead atoms. The zero-order valence-electron chi connectivity index (χ0n) is 9.79. The second-order valence-electron chi connectivity index (χ2n) is 3.85. The molecule has 0 fully saturated rings. The number of hydrogen-bond acceptors (Lipinski definition) is 3. The van der Waals surface area contributed by atoms with Crippen molar-refractivity contribution in [2.45, 2.75) is 6.18 Å². The Hall–Kier alpha value is -1.73. The normalized spacial score (nSPS) is 11.4. The molecule has 1 heterocycles. The number of halogens is 4. The van der Waals surface area contributed by atoms with Gasteiger partial charge in [-0.1, -0.05) is 11.6 Å². The third-order valence-corrected chi connectivity index (χ3v) is 3.60. The molecule has 0 unspecified atom stereocenters. The van der Waals surface area contributed by atoms with E-state index in [-0.39, 0.29) is 21.3 Å². The van der Waals surface area contributed by atoms with E-state index < -0.39 is 17.6 Å². The maximum absolute atomic E-state index is 12.9. The molecule has 0 radical (unpaired) electrons. The summed E-state index contributed by atoms with van der Waals surface area (Å²) < 4.78 is 38.6. The highest BCUT2D eigenvalue weighted by Crippen LogP contribution is 2.37. The van der Waals surface area contributed by atoms with Gasteiger partial charge in [-0.3, -0.25) is 4.79 Å². The van der Waals surface area contributed by atoms with Gasteiger partial charge in [0.05, 0.1) is 16.9 Å². The minimum Gasteiger partial charge on any atom is -0.397 e. The van der Waals surface area contributed by atoms with Crippen LogP contribution in [0.2, 0.25) is 5.02 Å². The number of carbonyl (C=O) groups excluding carboxylic acids is 1. The highest BCUT2D eigenvalue weighted by molar-refractivity contribution is 7.12. The topological polar surface area (TPSA) is 55.1 Å². The van der Waals surface area contributed by atoms with Crippen molar-refractivity contribution in [1.82, 2.24) is 0 Å². The zero-order valence-corrected chi connectivity index (χ0v) is 11.4. The van der Waals surface area contributed by atoms with E-state index in [1.54, 1.807) is 5.38 Å². The van der Waals surface area contributed by atoms with Gasteiger partial charge >= 0.3 is 6.18 Å². The van der Waals surface area contributed by atoms with E-state index in [9.17, 15) is 18.0 Å². The molecule has 0 atom stereocenters. The van der Waals surface area contributed by atoms with E-state index in [1.165, 1.54) is 12.1 Å². The number of rotatable bonds is 2. The fourth-order valence-electron chi connectivity index (χ4n) is 1.54. The predicted octanol–water partition coefficient (Wildman–Crippen LogP) is 4.25.